The number of nitrogens with zero attached hydrogens (tertiary/aromatic N) is 4. The van der Waals surface area contributed by atoms with E-state index in [1.165, 1.54) is 24.8 Å². The van der Waals surface area contributed by atoms with Gasteiger partial charge in [-0.2, -0.15) is 0 Å². The number of carbonyl (C=O) groups is 1. The van der Waals surface area contributed by atoms with Gasteiger partial charge in [0.1, 0.15) is 18.1 Å². The van der Waals surface area contributed by atoms with Gasteiger partial charge in [-0.15, -0.1) is 5.10 Å². The van der Waals surface area contributed by atoms with Crippen LogP contribution in [0.5, 0.6) is 5.75 Å². The molecule has 8 heteroatoms. The molecule has 4 rings (SSSR count). The summed E-state index contributed by atoms with van der Waals surface area (Å²) in [7, 11) is 1.67. The Morgan fingerprint density at radius 1 is 1.08 bits per heavy atom. The molecule has 2 heterocycles. The monoisotopic (exact) mass is 492 g/mol. The number of aliphatic hydroxyl groups is 1. The van der Waals surface area contributed by atoms with Crippen LogP contribution in [0.1, 0.15) is 72.7 Å². The molecule has 3 atom stereocenters. The minimum atomic E-state index is -0.578. The maximum Gasteiger partial charge on any atom is 0.338 e. The summed E-state index contributed by atoms with van der Waals surface area (Å²) in [5, 5.41) is 19.6. The van der Waals surface area contributed by atoms with Crippen molar-refractivity contribution in [2.75, 3.05) is 20.2 Å². The van der Waals surface area contributed by atoms with Crippen molar-refractivity contribution in [1.82, 2.24) is 19.9 Å². The van der Waals surface area contributed by atoms with E-state index >= 15 is 0 Å². The smallest absolute Gasteiger partial charge is 0.338 e. The molecule has 0 unspecified atom stereocenters. The fraction of sp³-hybridized carbons (Fsp3) is 0.464. The number of likely N-dealkylation sites (tertiary alicyclic amines) is 1. The average molecular weight is 493 g/mol. The number of aliphatic hydroxyl groups excluding tert-OH is 1. The number of ether oxygens (including phenoxy) is 2. The zero-order chi connectivity index (χ0) is 25.3. The first kappa shape index (κ1) is 25.9. The number of hydrogen-bond donors (Lipinski definition) is 1. The van der Waals surface area contributed by atoms with Crippen molar-refractivity contribution in [2.45, 2.75) is 63.8 Å². The summed E-state index contributed by atoms with van der Waals surface area (Å²) in [6.07, 6.45) is 6.52. The number of rotatable bonds is 11. The molecule has 0 spiro atoms. The molecule has 0 saturated carbocycles. The Morgan fingerprint density at radius 3 is 2.58 bits per heavy atom. The summed E-state index contributed by atoms with van der Waals surface area (Å²) in [6.45, 7) is 3.87. The molecule has 192 valence electrons. The molecular formula is C28H36N4O4. The molecule has 1 N–H and O–H groups in total. The lowest BCUT2D eigenvalue weighted by Crippen LogP contribution is -2.46. The highest BCUT2D eigenvalue weighted by Gasteiger charge is 2.36. The fourth-order valence-corrected chi connectivity index (χ4v) is 4.78. The highest BCUT2D eigenvalue weighted by Crippen LogP contribution is 2.36. The minimum Gasteiger partial charge on any atom is -0.497 e. The molecule has 2 aromatic carbocycles. The Kier molecular flexibility index (Phi) is 9.08. The van der Waals surface area contributed by atoms with Crippen molar-refractivity contribution < 1.29 is 19.4 Å². The normalized spacial score (nSPS) is 20.2. The number of aromatic nitrogens is 3. The molecule has 8 nitrogen and oxygen atoms in total. The van der Waals surface area contributed by atoms with Crippen LogP contribution in [0, 0.1) is 0 Å². The third kappa shape index (κ3) is 6.50. The van der Waals surface area contributed by atoms with Gasteiger partial charge in [0.25, 0.3) is 0 Å². The third-order valence-electron chi connectivity index (χ3n) is 6.83. The highest BCUT2D eigenvalue weighted by atomic mass is 16.5. The van der Waals surface area contributed by atoms with E-state index in [-0.39, 0.29) is 18.7 Å². The van der Waals surface area contributed by atoms with E-state index in [4.69, 9.17) is 9.47 Å². The standard InChI is InChI=1S/C28H36N4O4/c1-3-4-5-9-16-31-19-26(27(33)17-25(31)21-12-14-24(35-2)15-13-21)32-18-23(29-30-32)20-36-28(34)22-10-7-6-8-11-22/h6-8,10-15,18,25-27,33H,3-5,9,16-17,19-20H2,1-2H3/t25-,26+,27+/m0/s1. The Hall–Kier alpha value is -3.23. The predicted octanol–water partition coefficient (Wildman–Crippen LogP) is 4.57. The van der Waals surface area contributed by atoms with Crippen LogP contribution in [-0.4, -0.2) is 57.3 Å². The van der Waals surface area contributed by atoms with Crippen LogP contribution in [0.3, 0.4) is 0 Å². The summed E-state index contributed by atoms with van der Waals surface area (Å²) < 4.78 is 12.4. The summed E-state index contributed by atoms with van der Waals surface area (Å²) in [5.74, 6) is 0.425. The fourth-order valence-electron chi connectivity index (χ4n) is 4.78. The Balaban J connectivity index is 1.43. The van der Waals surface area contributed by atoms with Crippen molar-refractivity contribution in [2.24, 2.45) is 0 Å². The van der Waals surface area contributed by atoms with Gasteiger partial charge in [-0.25, -0.2) is 9.48 Å². The molecule has 1 aliphatic rings. The predicted molar refractivity (Wildman–Crippen MR) is 137 cm³/mol. The molecule has 0 aliphatic carbocycles. The molecule has 0 bridgehead atoms. The van der Waals surface area contributed by atoms with E-state index in [0.29, 0.717) is 24.2 Å². The molecule has 1 fully saturated rings. The molecule has 1 aliphatic heterocycles. The first-order valence-corrected chi connectivity index (χ1v) is 12.8. The van der Waals surface area contributed by atoms with Gasteiger partial charge >= 0.3 is 5.97 Å². The molecular weight excluding hydrogens is 456 g/mol. The number of methoxy groups -OCH3 is 1. The molecule has 0 radical (unpaired) electrons. The van der Waals surface area contributed by atoms with Crippen LogP contribution in [0.4, 0.5) is 0 Å². The first-order chi connectivity index (χ1) is 17.6. The van der Waals surface area contributed by atoms with E-state index < -0.39 is 12.1 Å². The minimum absolute atomic E-state index is 0.0335. The van der Waals surface area contributed by atoms with Gasteiger partial charge in [-0.05, 0) is 49.2 Å². The van der Waals surface area contributed by atoms with Crippen LogP contribution in [0.2, 0.25) is 0 Å². The second kappa shape index (κ2) is 12.6. The Labute approximate surface area is 212 Å². The van der Waals surface area contributed by atoms with Crippen LogP contribution < -0.4 is 4.74 Å². The highest BCUT2D eigenvalue weighted by molar-refractivity contribution is 5.89. The average Bonchev–Trinajstić information content (AvgIpc) is 3.39. The van der Waals surface area contributed by atoms with E-state index in [1.54, 1.807) is 42.3 Å². The molecule has 1 aromatic heterocycles. The lowest BCUT2D eigenvalue weighted by molar-refractivity contribution is -0.00779. The molecule has 1 saturated heterocycles. The topological polar surface area (TPSA) is 89.7 Å². The van der Waals surface area contributed by atoms with Gasteiger partial charge in [-0.1, -0.05) is 61.7 Å². The number of benzene rings is 2. The lowest BCUT2D eigenvalue weighted by Gasteiger charge is -2.42. The summed E-state index contributed by atoms with van der Waals surface area (Å²) in [5.41, 5.74) is 2.23. The Bertz CT molecular complexity index is 1090. The van der Waals surface area contributed by atoms with Crippen LogP contribution in [0.15, 0.2) is 60.8 Å². The number of carbonyl (C=O) groups excluding carboxylic acids is 1. The first-order valence-electron chi connectivity index (χ1n) is 12.8. The van der Waals surface area contributed by atoms with Crippen LogP contribution in [0.25, 0.3) is 0 Å². The van der Waals surface area contributed by atoms with Gasteiger partial charge in [0, 0.05) is 12.6 Å². The molecule has 36 heavy (non-hydrogen) atoms. The lowest BCUT2D eigenvalue weighted by atomic mass is 9.90. The van der Waals surface area contributed by atoms with Gasteiger partial charge < -0.3 is 14.6 Å². The summed E-state index contributed by atoms with van der Waals surface area (Å²) in [4.78, 5) is 14.7. The number of piperidine rings is 1. The zero-order valence-electron chi connectivity index (χ0n) is 21.1. The number of unbranched alkanes of at least 4 members (excludes halogenated alkanes) is 3. The summed E-state index contributed by atoms with van der Waals surface area (Å²) >= 11 is 0. The second-order valence-corrected chi connectivity index (χ2v) is 9.35. The van der Waals surface area contributed by atoms with Gasteiger partial charge in [0.2, 0.25) is 0 Å². The van der Waals surface area contributed by atoms with E-state index in [0.717, 1.165) is 18.7 Å². The van der Waals surface area contributed by atoms with E-state index in [9.17, 15) is 9.90 Å². The number of esters is 1. The largest absolute Gasteiger partial charge is 0.497 e. The van der Waals surface area contributed by atoms with Gasteiger partial charge in [0.05, 0.1) is 31.0 Å². The van der Waals surface area contributed by atoms with E-state index in [2.05, 4.69) is 34.3 Å². The zero-order valence-corrected chi connectivity index (χ0v) is 21.1. The van der Waals surface area contributed by atoms with Crippen LogP contribution in [-0.2, 0) is 11.3 Å². The molecule has 0 amide bonds. The second-order valence-electron chi connectivity index (χ2n) is 9.35. The van der Waals surface area contributed by atoms with Crippen molar-refractivity contribution >= 4 is 5.97 Å². The Morgan fingerprint density at radius 2 is 1.86 bits per heavy atom. The van der Waals surface area contributed by atoms with E-state index in [1.807, 2.05) is 18.2 Å². The SMILES string of the molecule is CCCCCCN1C[C@@H](n2cc(COC(=O)c3ccccc3)nn2)[C@H](O)C[C@H]1c1ccc(OC)cc1. The van der Waals surface area contributed by atoms with Crippen molar-refractivity contribution in [3.8, 4) is 5.75 Å². The summed E-state index contributed by atoms with van der Waals surface area (Å²) in [6, 6.07) is 16.9. The van der Waals surface area contributed by atoms with Crippen molar-refractivity contribution in [1.29, 1.82) is 0 Å². The van der Waals surface area contributed by atoms with Crippen LogP contribution >= 0.6 is 0 Å². The third-order valence-corrected chi connectivity index (χ3v) is 6.83. The van der Waals surface area contributed by atoms with Gasteiger partial charge in [-0.3, -0.25) is 4.90 Å². The van der Waals surface area contributed by atoms with Gasteiger partial charge in [0.15, 0.2) is 0 Å². The quantitative estimate of drug-likeness (QED) is 0.310. The molecule has 3 aromatic rings. The number of hydrogen-bond acceptors (Lipinski definition) is 7. The maximum absolute atomic E-state index is 12.2. The maximum atomic E-state index is 12.2. The van der Waals surface area contributed by atoms with Crippen molar-refractivity contribution in [3.05, 3.63) is 77.6 Å². The van der Waals surface area contributed by atoms with Crippen molar-refractivity contribution in [3.63, 3.8) is 0 Å².